The summed E-state index contributed by atoms with van der Waals surface area (Å²) in [4.78, 5) is 22.1. The van der Waals surface area contributed by atoms with E-state index >= 15 is 0 Å². The molecule has 0 aliphatic rings. The lowest BCUT2D eigenvalue weighted by Crippen LogP contribution is -2.35. The summed E-state index contributed by atoms with van der Waals surface area (Å²) in [7, 11) is 0. The quantitative estimate of drug-likeness (QED) is 0.759. The fraction of sp³-hybridized carbons (Fsp3) is 0.333. The summed E-state index contributed by atoms with van der Waals surface area (Å²) < 4.78 is 0. The normalized spacial score (nSPS) is 13.9. The summed E-state index contributed by atoms with van der Waals surface area (Å²) in [5, 5.41) is 11.3. The van der Waals surface area contributed by atoms with E-state index in [0.29, 0.717) is 0 Å². The molecule has 0 aliphatic carbocycles. The Kier molecular flexibility index (Phi) is 4.05. The SMILES string of the molecule is C[C@@H](C(=O)O)C(=O)N[C@@H](C)c1ccccc1. The molecule has 0 bridgehead atoms. The van der Waals surface area contributed by atoms with Gasteiger partial charge >= 0.3 is 5.97 Å². The third kappa shape index (κ3) is 3.08. The predicted molar refractivity (Wildman–Crippen MR) is 59.8 cm³/mol. The number of nitrogens with one attached hydrogen (secondary N) is 1. The van der Waals surface area contributed by atoms with Gasteiger partial charge in [-0.2, -0.15) is 0 Å². The lowest BCUT2D eigenvalue weighted by atomic mass is 10.1. The number of carbonyl (C=O) groups is 2. The molecule has 1 aromatic rings. The first-order chi connectivity index (χ1) is 7.52. The van der Waals surface area contributed by atoms with Gasteiger partial charge < -0.3 is 10.4 Å². The summed E-state index contributed by atoms with van der Waals surface area (Å²) in [6.45, 7) is 3.19. The van der Waals surface area contributed by atoms with Gasteiger partial charge in [-0.05, 0) is 19.4 Å². The zero-order chi connectivity index (χ0) is 12.1. The van der Waals surface area contributed by atoms with Gasteiger partial charge in [-0.1, -0.05) is 30.3 Å². The van der Waals surface area contributed by atoms with Crippen LogP contribution in [-0.2, 0) is 9.59 Å². The van der Waals surface area contributed by atoms with Crippen LogP contribution in [0.3, 0.4) is 0 Å². The maximum Gasteiger partial charge on any atom is 0.315 e. The van der Waals surface area contributed by atoms with Crippen LogP contribution >= 0.6 is 0 Å². The first-order valence-corrected chi connectivity index (χ1v) is 5.10. The Labute approximate surface area is 94.3 Å². The molecule has 0 fully saturated rings. The summed E-state index contributed by atoms with van der Waals surface area (Å²) in [6.07, 6.45) is 0. The van der Waals surface area contributed by atoms with Gasteiger partial charge in [-0.15, -0.1) is 0 Å². The largest absolute Gasteiger partial charge is 0.481 e. The van der Waals surface area contributed by atoms with Crippen LogP contribution in [0, 0.1) is 5.92 Å². The second kappa shape index (κ2) is 5.30. The maximum absolute atomic E-state index is 11.5. The molecular weight excluding hydrogens is 206 g/mol. The summed E-state index contributed by atoms with van der Waals surface area (Å²) >= 11 is 0. The van der Waals surface area contributed by atoms with Gasteiger partial charge in [0.05, 0.1) is 6.04 Å². The average Bonchev–Trinajstić information content (AvgIpc) is 2.28. The van der Waals surface area contributed by atoms with Crippen LogP contribution in [0.1, 0.15) is 25.5 Å². The second-order valence-electron chi connectivity index (χ2n) is 3.70. The highest BCUT2D eigenvalue weighted by Gasteiger charge is 2.21. The summed E-state index contributed by atoms with van der Waals surface area (Å²) in [6, 6.07) is 9.22. The van der Waals surface area contributed by atoms with Gasteiger partial charge in [-0.25, -0.2) is 0 Å². The number of benzene rings is 1. The van der Waals surface area contributed by atoms with Crippen molar-refractivity contribution >= 4 is 11.9 Å². The Morgan fingerprint density at radius 1 is 1.19 bits per heavy atom. The number of carbonyl (C=O) groups excluding carboxylic acids is 1. The van der Waals surface area contributed by atoms with Crippen LogP contribution in [0.2, 0.25) is 0 Å². The van der Waals surface area contributed by atoms with Gasteiger partial charge in [0, 0.05) is 0 Å². The maximum atomic E-state index is 11.5. The van der Waals surface area contributed by atoms with E-state index in [-0.39, 0.29) is 6.04 Å². The molecule has 0 aliphatic heterocycles. The summed E-state index contributed by atoms with van der Waals surface area (Å²) in [5.74, 6) is -2.60. The highest BCUT2D eigenvalue weighted by atomic mass is 16.4. The summed E-state index contributed by atoms with van der Waals surface area (Å²) in [5.41, 5.74) is 0.952. The molecule has 86 valence electrons. The minimum atomic E-state index is -1.11. The van der Waals surface area contributed by atoms with Crippen molar-refractivity contribution in [2.75, 3.05) is 0 Å². The van der Waals surface area contributed by atoms with Gasteiger partial charge in [-0.3, -0.25) is 9.59 Å². The van der Waals surface area contributed by atoms with Gasteiger partial charge in [0.2, 0.25) is 5.91 Å². The van der Waals surface area contributed by atoms with Crippen LogP contribution in [-0.4, -0.2) is 17.0 Å². The van der Waals surface area contributed by atoms with Crippen molar-refractivity contribution in [1.29, 1.82) is 0 Å². The Bertz CT molecular complexity index is 375. The topological polar surface area (TPSA) is 66.4 Å². The van der Waals surface area contributed by atoms with E-state index < -0.39 is 17.8 Å². The molecule has 0 unspecified atom stereocenters. The number of hydrogen-bond donors (Lipinski definition) is 2. The highest BCUT2D eigenvalue weighted by molar-refractivity contribution is 5.96. The first kappa shape index (κ1) is 12.2. The second-order valence-corrected chi connectivity index (χ2v) is 3.70. The van der Waals surface area contributed by atoms with Crippen molar-refractivity contribution in [2.24, 2.45) is 5.92 Å². The number of hydrogen-bond acceptors (Lipinski definition) is 2. The molecule has 4 heteroatoms. The molecule has 1 amide bonds. The molecule has 2 atom stereocenters. The molecule has 16 heavy (non-hydrogen) atoms. The number of rotatable bonds is 4. The Balaban J connectivity index is 2.62. The van der Waals surface area contributed by atoms with Crippen molar-refractivity contribution in [3.8, 4) is 0 Å². The monoisotopic (exact) mass is 221 g/mol. The van der Waals surface area contributed by atoms with Crippen molar-refractivity contribution in [3.05, 3.63) is 35.9 Å². The lowest BCUT2D eigenvalue weighted by molar-refractivity contribution is -0.146. The van der Waals surface area contributed by atoms with Gasteiger partial charge in [0.1, 0.15) is 5.92 Å². The first-order valence-electron chi connectivity index (χ1n) is 5.10. The Hall–Kier alpha value is -1.84. The third-order valence-electron chi connectivity index (χ3n) is 2.42. The fourth-order valence-electron chi connectivity index (χ4n) is 1.28. The zero-order valence-corrected chi connectivity index (χ0v) is 9.31. The van der Waals surface area contributed by atoms with E-state index in [1.165, 1.54) is 6.92 Å². The number of carboxylic acids is 1. The average molecular weight is 221 g/mol. The molecule has 0 spiro atoms. The van der Waals surface area contributed by atoms with Gasteiger partial charge in [0.15, 0.2) is 0 Å². The minimum Gasteiger partial charge on any atom is -0.481 e. The number of carboxylic acid groups (broad SMARTS) is 1. The van der Waals surface area contributed by atoms with Crippen molar-refractivity contribution < 1.29 is 14.7 Å². The predicted octanol–water partition coefficient (Wildman–Crippen LogP) is 1.58. The molecule has 1 aromatic carbocycles. The Morgan fingerprint density at radius 3 is 2.25 bits per heavy atom. The van der Waals surface area contributed by atoms with Crippen LogP contribution in [0.4, 0.5) is 0 Å². The molecule has 0 aromatic heterocycles. The lowest BCUT2D eigenvalue weighted by Gasteiger charge is -2.15. The molecule has 2 N–H and O–H groups in total. The molecular formula is C12H15NO3. The standard InChI is InChI=1S/C12H15NO3/c1-8(12(15)16)11(14)13-9(2)10-6-4-3-5-7-10/h3-9H,1-2H3,(H,13,14)(H,15,16)/t8-,9+/m1/s1. The number of amides is 1. The molecule has 0 saturated carbocycles. The molecule has 4 nitrogen and oxygen atoms in total. The van der Waals surface area contributed by atoms with Crippen LogP contribution in [0.25, 0.3) is 0 Å². The van der Waals surface area contributed by atoms with E-state index in [1.54, 1.807) is 0 Å². The zero-order valence-electron chi connectivity index (χ0n) is 9.31. The van der Waals surface area contributed by atoms with E-state index in [2.05, 4.69) is 5.32 Å². The van der Waals surface area contributed by atoms with Crippen LogP contribution < -0.4 is 5.32 Å². The smallest absolute Gasteiger partial charge is 0.315 e. The highest BCUT2D eigenvalue weighted by Crippen LogP contribution is 2.11. The third-order valence-corrected chi connectivity index (χ3v) is 2.42. The minimum absolute atomic E-state index is 0.185. The van der Waals surface area contributed by atoms with Crippen LogP contribution in [0.5, 0.6) is 0 Å². The van der Waals surface area contributed by atoms with E-state index in [0.717, 1.165) is 5.56 Å². The molecule has 0 saturated heterocycles. The molecule has 1 rings (SSSR count). The fourth-order valence-corrected chi connectivity index (χ4v) is 1.28. The van der Waals surface area contributed by atoms with E-state index in [1.807, 2.05) is 37.3 Å². The van der Waals surface area contributed by atoms with Gasteiger partial charge in [0.25, 0.3) is 0 Å². The van der Waals surface area contributed by atoms with E-state index in [9.17, 15) is 9.59 Å². The van der Waals surface area contributed by atoms with Crippen molar-refractivity contribution in [1.82, 2.24) is 5.32 Å². The van der Waals surface area contributed by atoms with E-state index in [4.69, 9.17) is 5.11 Å². The molecule has 0 radical (unpaired) electrons. The van der Waals surface area contributed by atoms with Crippen molar-refractivity contribution in [3.63, 3.8) is 0 Å². The molecule has 0 heterocycles. The Morgan fingerprint density at radius 2 is 1.75 bits per heavy atom. The van der Waals surface area contributed by atoms with Crippen LogP contribution in [0.15, 0.2) is 30.3 Å². The number of aliphatic carboxylic acids is 1. The van der Waals surface area contributed by atoms with Crippen molar-refractivity contribution in [2.45, 2.75) is 19.9 Å².